The molecule has 0 aromatic heterocycles. The van der Waals surface area contributed by atoms with Crippen molar-refractivity contribution in [2.45, 2.75) is 191 Å². The number of phosphoric acid groups is 1. The molecule has 0 spiro atoms. The van der Waals surface area contributed by atoms with Gasteiger partial charge in [-0.2, -0.15) is 0 Å². The third-order valence-electron chi connectivity index (χ3n) is 8.89. The van der Waals surface area contributed by atoms with Crippen molar-refractivity contribution < 1.29 is 58.3 Å². The Bertz CT molecular complexity index is 874. The summed E-state index contributed by atoms with van der Waals surface area (Å²) in [6.07, 6.45) is 14.6. The monoisotopic (exact) mass is 724 g/mol. The molecule has 0 aromatic rings. The molecule has 290 valence electrons. The van der Waals surface area contributed by atoms with Crippen LogP contribution in [-0.4, -0.2) is 98.9 Å². The summed E-state index contributed by atoms with van der Waals surface area (Å²) in [4.78, 5) is 22.8. The maximum Gasteiger partial charge on any atom is 0.472 e. The van der Waals surface area contributed by atoms with Crippen molar-refractivity contribution in [3.05, 3.63) is 12.2 Å². The Morgan fingerprint density at radius 3 is 1.61 bits per heavy atom. The van der Waals surface area contributed by atoms with E-state index in [1.165, 1.54) is 64.2 Å². The number of hydrogen-bond acceptors (Lipinski definition) is 11. The Kier molecular flexibility index (Phi) is 26.9. The molecule has 1 rings (SSSR count). The van der Waals surface area contributed by atoms with Gasteiger partial charge in [0.1, 0.15) is 42.7 Å². The molecular formula is C36H69O12P. The summed E-state index contributed by atoms with van der Waals surface area (Å²) < 4.78 is 33.8. The molecular weight excluding hydrogens is 655 g/mol. The maximum atomic E-state index is 12.7. The summed E-state index contributed by atoms with van der Waals surface area (Å²) in [5.74, 6) is -0.486. The Hall–Kier alpha value is -0.920. The molecule has 0 aliphatic heterocycles. The number of hydrogen-bond donors (Lipinski definition) is 6. The molecule has 0 heterocycles. The van der Waals surface area contributed by atoms with Crippen LogP contribution in [0.3, 0.4) is 0 Å². The third-order valence-corrected chi connectivity index (χ3v) is 9.87. The molecule has 1 fully saturated rings. The van der Waals surface area contributed by atoms with E-state index in [1.54, 1.807) is 0 Å². The molecule has 1 aliphatic rings. The number of unbranched alkanes of at least 4 members (excludes halogenated alkanes) is 17. The van der Waals surface area contributed by atoms with Crippen molar-refractivity contribution >= 4 is 13.8 Å². The lowest BCUT2D eigenvalue weighted by Crippen LogP contribution is -2.64. The minimum Gasteiger partial charge on any atom is -0.457 e. The van der Waals surface area contributed by atoms with Crippen LogP contribution in [0.15, 0.2) is 12.2 Å². The fourth-order valence-electron chi connectivity index (χ4n) is 5.76. The van der Waals surface area contributed by atoms with Crippen LogP contribution in [0.4, 0.5) is 0 Å². The van der Waals surface area contributed by atoms with E-state index in [0.717, 1.165) is 57.8 Å². The molecule has 0 radical (unpaired) electrons. The van der Waals surface area contributed by atoms with Crippen LogP contribution in [0.2, 0.25) is 0 Å². The number of carbonyl (C=O) groups is 1. The fourth-order valence-corrected chi connectivity index (χ4v) is 6.73. The zero-order valence-corrected chi connectivity index (χ0v) is 31.1. The van der Waals surface area contributed by atoms with Gasteiger partial charge in [0, 0.05) is 13.0 Å². The number of esters is 1. The van der Waals surface area contributed by atoms with Gasteiger partial charge in [0.05, 0.1) is 13.2 Å². The number of allylic oxidation sites excluding steroid dienone is 2. The molecule has 0 saturated heterocycles. The smallest absolute Gasteiger partial charge is 0.457 e. The Morgan fingerprint density at radius 2 is 1.08 bits per heavy atom. The first kappa shape index (κ1) is 46.1. The zero-order valence-electron chi connectivity index (χ0n) is 30.2. The van der Waals surface area contributed by atoms with Gasteiger partial charge in [0.2, 0.25) is 0 Å². The summed E-state index contributed by atoms with van der Waals surface area (Å²) >= 11 is 0. The summed E-state index contributed by atoms with van der Waals surface area (Å²) in [5.41, 5.74) is 0. The highest BCUT2D eigenvalue weighted by atomic mass is 31.2. The van der Waals surface area contributed by atoms with Crippen LogP contribution >= 0.6 is 7.82 Å². The predicted octanol–water partition coefficient (Wildman–Crippen LogP) is 6.02. The molecule has 12 nitrogen and oxygen atoms in total. The first-order valence-electron chi connectivity index (χ1n) is 19.0. The van der Waals surface area contributed by atoms with E-state index in [0.29, 0.717) is 13.0 Å². The number of aliphatic hydroxyl groups is 5. The van der Waals surface area contributed by atoms with E-state index in [4.69, 9.17) is 18.5 Å². The minimum atomic E-state index is -5.00. The second kappa shape index (κ2) is 28.6. The highest BCUT2D eigenvalue weighted by molar-refractivity contribution is 7.47. The Labute approximate surface area is 295 Å². The van der Waals surface area contributed by atoms with E-state index in [9.17, 15) is 39.8 Å². The van der Waals surface area contributed by atoms with Gasteiger partial charge in [-0.25, -0.2) is 4.57 Å². The van der Waals surface area contributed by atoms with Crippen molar-refractivity contribution in [1.82, 2.24) is 0 Å². The zero-order chi connectivity index (χ0) is 36.3. The van der Waals surface area contributed by atoms with Gasteiger partial charge in [-0.3, -0.25) is 13.8 Å². The van der Waals surface area contributed by atoms with Gasteiger partial charge in [0.25, 0.3) is 0 Å². The fraction of sp³-hybridized carbons (Fsp3) is 0.917. The molecule has 0 aromatic carbocycles. The predicted molar refractivity (Wildman–Crippen MR) is 189 cm³/mol. The van der Waals surface area contributed by atoms with Crippen LogP contribution in [0.1, 0.15) is 149 Å². The van der Waals surface area contributed by atoms with Gasteiger partial charge in [-0.1, -0.05) is 116 Å². The molecule has 6 atom stereocenters. The van der Waals surface area contributed by atoms with Crippen LogP contribution in [-0.2, 0) is 27.9 Å². The lowest BCUT2D eigenvalue weighted by molar-refractivity contribution is -0.220. The number of ether oxygens (including phenoxy) is 2. The van der Waals surface area contributed by atoms with Gasteiger partial charge in [-0.05, 0) is 38.5 Å². The normalized spacial score (nSPS) is 24.7. The van der Waals surface area contributed by atoms with Crippen LogP contribution in [0.5, 0.6) is 0 Å². The number of phosphoric ester groups is 1. The summed E-state index contributed by atoms with van der Waals surface area (Å²) in [5, 5.41) is 49.8. The van der Waals surface area contributed by atoms with Crippen LogP contribution < -0.4 is 0 Å². The summed E-state index contributed by atoms with van der Waals surface area (Å²) in [6.45, 7) is 4.15. The van der Waals surface area contributed by atoms with E-state index in [-0.39, 0.29) is 13.0 Å². The molecule has 1 saturated carbocycles. The largest absolute Gasteiger partial charge is 0.472 e. The van der Waals surface area contributed by atoms with Gasteiger partial charge in [-0.15, -0.1) is 0 Å². The summed E-state index contributed by atoms with van der Waals surface area (Å²) in [7, 11) is -5.00. The molecule has 6 N–H and O–H groups in total. The van der Waals surface area contributed by atoms with Crippen molar-refractivity contribution in [3.63, 3.8) is 0 Å². The van der Waals surface area contributed by atoms with Crippen LogP contribution in [0, 0.1) is 0 Å². The second-order valence-electron chi connectivity index (χ2n) is 13.4. The molecule has 13 heteroatoms. The molecule has 1 aliphatic carbocycles. The average molecular weight is 725 g/mol. The van der Waals surface area contributed by atoms with E-state index in [1.807, 2.05) is 0 Å². The molecule has 0 amide bonds. The van der Waals surface area contributed by atoms with E-state index in [2.05, 4.69) is 26.0 Å². The van der Waals surface area contributed by atoms with Crippen molar-refractivity contribution in [2.24, 2.45) is 0 Å². The maximum absolute atomic E-state index is 12.7. The lowest BCUT2D eigenvalue weighted by Gasteiger charge is -2.41. The number of carbonyl (C=O) groups excluding carboxylic acids is 1. The van der Waals surface area contributed by atoms with E-state index >= 15 is 0 Å². The lowest BCUT2D eigenvalue weighted by atomic mass is 9.85. The van der Waals surface area contributed by atoms with E-state index < -0.39 is 63.1 Å². The molecule has 49 heavy (non-hydrogen) atoms. The number of aliphatic hydroxyl groups excluding tert-OH is 5. The first-order valence-corrected chi connectivity index (χ1v) is 20.5. The Balaban J connectivity index is 2.44. The quantitative estimate of drug-likeness (QED) is 0.0211. The number of rotatable bonds is 31. The van der Waals surface area contributed by atoms with Crippen molar-refractivity contribution in [3.8, 4) is 0 Å². The minimum absolute atomic E-state index is 0.0774. The third kappa shape index (κ3) is 21.9. The molecule has 6 unspecified atom stereocenters. The van der Waals surface area contributed by atoms with Gasteiger partial charge >= 0.3 is 13.8 Å². The average Bonchev–Trinajstić information content (AvgIpc) is 3.08. The SMILES string of the molecule is CCCCCCC/C=C\CCCCCCCCOCC(COP(=O)(O)OC1C(O)C(O)C(O)C(O)C1O)OC(=O)CCCCCCCCC. The first-order chi connectivity index (χ1) is 23.5. The highest BCUT2D eigenvalue weighted by Gasteiger charge is 2.51. The van der Waals surface area contributed by atoms with Crippen molar-refractivity contribution in [2.75, 3.05) is 19.8 Å². The van der Waals surface area contributed by atoms with Gasteiger partial charge in [0.15, 0.2) is 0 Å². The molecule has 0 bridgehead atoms. The second-order valence-corrected chi connectivity index (χ2v) is 14.8. The highest BCUT2D eigenvalue weighted by Crippen LogP contribution is 2.47. The summed E-state index contributed by atoms with van der Waals surface area (Å²) in [6, 6.07) is 0. The standard InChI is InChI=1S/C36H69O12P/c1-3-5-7-9-11-12-13-14-15-16-17-18-20-22-24-26-45-27-29(47-30(37)25-23-21-19-10-8-6-4-2)28-46-49(43,44)48-36-34(41)32(39)31(38)33(40)35(36)42/h13-14,29,31-36,38-42H,3-12,15-28H2,1-2H3,(H,43,44)/b14-13-. The van der Waals surface area contributed by atoms with Gasteiger partial charge < -0.3 is 39.9 Å². The van der Waals surface area contributed by atoms with Crippen molar-refractivity contribution in [1.29, 1.82) is 0 Å². The Morgan fingerprint density at radius 1 is 0.633 bits per heavy atom. The van der Waals surface area contributed by atoms with Crippen LogP contribution in [0.25, 0.3) is 0 Å². The topological polar surface area (TPSA) is 192 Å².